The highest BCUT2D eigenvalue weighted by Crippen LogP contribution is 2.26. The van der Waals surface area contributed by atoms with Gasteiger partial charge in [0.1, 0.15) is 5.69 Å². The van der Waals surface area contributed by atoms with E-state index in [1.54, 1.807) is 4.90 Å². The zero-order valence-electron chi connectivity index (χ0n) is 13.0. The molecule has 1 aliphatic heterocycles. The van der Waals surface area contributed by atoms with Gasteiger partial charge in [-0.15, -0.1) is 0 Å². The van der Waals surface area contributed by atoms with Crippen LogP contribution in [-0.2, 0) is 9.53 Å². The van der Waals surface area contributed by atoms with E-state index in [9.17, 15) is 9.59 Å². The predicted octanol–water partition coefficient (Wildman–Crippen LogP) is 1.65. The summed E-state index contributed by atoms with van der Waals surface area (Å²) >= 11 is 0. The highest BCUT2D eigenvalue weighted by atomic mass is 16.5. The molecule has 6 nitrogen and oxygen atoms in total. The number of nitrogens with zero attached hydrogens (tertiary/aromatic N) is 1. The first-order valence-corrected chi connectivity index (χ1v) is 7.84. The van der Waals surface area contributed by atoms with Crippen LogP contribution >= 0.6 is 0 Å². The molecule has 0 radical (unpaired) electrons. The Hall–Kier alpha value is -2.86. The molecular formula is C18H17N3O3. The molecule has 2 aromatic carbocycles. The van der Waals surface area contributed by atoms with Crippen LogP contribution < -0.4 is 5.73 Å². The van der Waals surface area contributed by atoms with Gasteiger partial charge in [0, 0.05) is 17.4 Å². The van der Waals surface area contributed by atoms with Crippen molar-refractivity contribution in [3.63, 3.8) is 0 Å². The van der Waals surface area contributed by atoms with Crippen LogP contribution in [0.2, 0.25) is 0 Å². The Labute approximate surface area is 138 Å². The van der Waals surface area contributed by atoms with Crippen LogP contribution in [0.15, 0.2) is 42.5 Å². The molecule has 122 valence electrons. The summed E-state index contributed by atoms with van der Waals surface area (Å²) in [6.45, 7) is 0.936. The van der Waals surface area contributed by atoms with Gasteiger partial charge in [-0.1, -0.05) is 30.3 Å². The minimum absolute atomic E-state index is 0.148. The second-order valence-electron chi connectivity index (χ2n) is 5.94. The number of H-pyrrole nitrogens is 1. The number of carbonyl (C=O) groups is 2. The largest absolute Gasteiger partial charge is 0.367 e. The summed E-state index contributed by atoms with van der Waals surface area (Å²) in [5.74, 6) is -0.694. The van der Waals surface area contributed by atoms with Gasteiger partial charge in [-0.2, -0.15) is 0 Å². The Kier molecular flexibility index (Phi) is 3.46. The lowest BCUT2D eigenvalue weighted by Crippen LogP contribution is -2.50. The second kappa shape index (κ2) is 5.65. The predicted molar refractivity (Wildman–Crippen MR) is 90.6 cm³/mol. The van der Waals surface area contributed by atoms with E-state index in [0.717, 1.165) is 21.7 Å². The maximum atomic E-state index is 12.8. The lowest BCUT2D eigenvalue weighted by molar-refractivity contribution is -0.133. The molecule has 2 amide bonds. The number of ether oxygens (including phenoxy) is 1. The molecule has 1 aromatic heterocycles. The summed E-state index contributed by atoms with van der Waals surface area (Å²) in [5, 5.41) is 3.24. The quantitative estimate of drug-likeness (QED) is 0.751. The molecule has 1 aliphatic rings. The molecule has 1 fully saturated rings. The topological polar surface area (TPSA) is 88.4 Å². The molecule has 1 unspecified atom stereocenters. The average Bonchev–Trinajstić information content (AvgIpc) is 3.06. The molecule has 0 bridgehead atoms. The van der Waals surface area contributed by atoms with Gasteiger partial charge in [-0.25, -0.2) is 0 Å². The van der Waals surface area contributed by atoms with Crippen molar-refractivity contribution >= 4 is 33.5 Å². The van der Waals surface area contributed by atoms with Crippen LogP contribution in [0, 0.1) is 0 Å². The van der Waals surface area contributed by atoms with Crippen LogP contribution in [0.1, 0.15) is 10.5 Å². The van der Waals surface area contributed by atoms with Gasteiger partial charge in [-0.3, -0.25) is 9.59 Å². The maximum absolute atomic E-state index is 12.8. The smallest absolute Gasteiger partial charge is 0.270 e. The molecule has 0 spiro atoms. The molecule has 24 heavy (non-hydrogen) atoms. The Balaban J connectivity index is 1.70. The first-order valence-electron chi connectivity index (χ1n) is 7.84. The number of nitrogens with two attached hydrogens (primary N) is 1. The lowest BCUT2D eigenvalue weighted by atomic mass is 10.1. The number of morpholine rings is 1. The van der Waals surface area contributed by atoms with Crippen molar-refractivity contribution in [1.82, 2.24) is 9.88 Å². The first-order chi connectivity index (χ1) is 11.6. The summed E-state index contributed by atoms with van der Waals surface area (Å²) in [4.78, 5) is 28.8. The average molecular weight is 323 g/mol. The fourth-order valence-electron chi connectivity index (χ4n) is 3.18. The standard InChI is InChI=1S/C18H17N3O3/c19-17(22)16-10-21(7-8-24-16)18(23)15-9-13-12-4-2-1-3-11(12)5-6-14(13)20-15/h1-6,9,16,20H,7-8,10H2,(H2,19,22). The van der Waals surface area contributed by atoms with Crippen LogP contribution in [0.25, 0.3) is 21.7 Å². The van der Waals surface area contributed by atoms with Crippen LogP contribution in [0.5, 0.6) is 0 Å². The summed E-state index contributed by atoms with van der Waals surface area (Å²) in [7, 11) is 0. The van der Waals surface area contributed by atoms with Gasteiger partial charge in [0.05, 0.1) is 13.2 Å². The van der Waals surface area contributed by atoms with E-state index in [1.807, 2.05) is 42.5 Å². The molecule has 3 N–H and O–H groups in total. The van der Waals surface area contributed by atoms with Crippen molar-refractivity contribution in [2.24, 2.45) is 5.73 Å². The van der Waals surface area contributed by atoms with E-state index in [0.29, 0.717) is 18.8 Å². The van der Waals surface area contributed by atoms with Crippen molar-refractivity contribution in [2.75, 3.05) is 19.7 Å². The van der Waals surface area contributed by atoms with Crippen LogP contribution in [0.3, 0.4) is 0 Å². The fraction of sp³-hybridized carbons (Fsp3) is 0.222. The Morgan fingerprint density at radius 2 is 2.00 bits per heavy atom. The third-order valence-electron chi connectivity index (χ3n) is 4.43. The molecule has 4 rings (SSSR count). The third-order valence-corrected chi connectivity index (χ3v) is 4.43. The van der Waals surface area contributed by atoms with E-state index in [1.165, 1.54) is 0 Å². The number of hydrogen-bond acceptors (Lipinski definition) is 3. The number of hydrogen-bond donors (Lipinski definition) is 2. The SMILES string of the molecule is NC(=O)C1CN(C(=O)c2cc3c(ccc4ccccc43)[nH]2)CCO1. The fourth-order valence-corrected chi connectivity index (χ4v) is 3.18. The minimum Gasteiger partial charge on any atom is -0.367 e. The molecule has 1 saturated heterocycles. The van der Waals surface area contributed by atoms with Crippen LogP contribution in [-0.4, -0.2) is 47.5 Å². The Morgan fingerprint density at radius 3 is 2.83 bits per heavy atom. The number of carbonyl (C=O) groups excluding carboxylic acids is 2. The van der Waals surface area contributed by atoms with Crippen molar-refractivity contribution in [1.29, 1.82) is 0 Å². The molecule has 0 saturated carbocycles. The van der Waals surface area contributed by atoms with Gasteiger partial charge in [0.25, 0.3) is 5.91 Å². The zero-order chi connectivity index (χ0) is 16.7. The summed E-state index contributed by atoms with van der Waals surface area (Å²) in [6, 6.07) is 13.9. The van der Waals surface area contributed by atoms with E-state index >= 15 is 0 Å². The first kappa shape index (κ1) is 14.7. The lowest BCUT2D eigenvalue weighted by Gasteiger charge is -2.31. The summed E-state index contributed by atoms with van der Waals surface area (Å²) in [5.41, 5.74) is 6.70. The Morgan fingerprint density at radius 1 is 1.17 bits per heavy atom. The number of amides is 2. The van der Waals surface area contributed by atoms with Crippen molar-refractivity contribution in [3.8, 4) is 0 Å². The molecule has 0 aliphatic carbocycles. The van der Waals surface area contributed by atoms with Gasteiger partial charge in [-0.05, 0) is 22.9 Å². The highest BCUT2D eigenvalue weighted by molar-refractivity contribution is 6.09. The van der Waals surface area contributed by atoms with Crippen LogP contribution in [0.4, 0.5) is 0 Å². The number of benzene rings is 2. The number of primary amides is 1. The maximum Gasteiger partial charge on any atom is 0.270 e. The second-order valence-corrected chi connectivity index (χ2v) is 5.94. The third kappa shape index (κ3) is 2.41. The molecule has 1 atom stereocenters. The summed E-state index contributed by atoms with van der Waals surface area (Å²) < 4.78 is 5.29. The van der Waals surface area contributed by atoms with Gasteiger partial charge in [0.2, 0.25) is 5.91 Å². The van der Waals surface area contributed by atoms with Crippen molar-refractivity contribution in [3.05, 3.63) is 48.2 Å². The number of aromatic amines is 1. The summed E-state index contributed by atoms with van der Waals surface area (Å²) in [6.07, 6.45) is -0.743. The highest BCUT2D eigenvalue weighted by Gasteiger charge is 2.29. The Bertz CT molecular complexity index is 947. The molecule has 6 heteroatoms. The van der Waals surface area contributed by atoms with E-state index in [4.69, 9.17) is 10.5 Å². The number of rotatable bonds is 2. The zero-order valence-corrected chi connectivity index (χ0v) is 13.0. The van der Waals surface area contributed by atoms with Gasteiger partial charge in [0.15, 0.2) is 6.10 Å². The number of nitrogens with one attached hydrogen (secondary N) is 1. The van der Waals surface area contributed by atoms with E-state index < -0.39 is 12.0 Å². The van der Waals surface area contributed by atoms with Gasteiger partial charge >= 0.3 is 0 Å². The monoisotopic (exact) mass is 323 g/mol. The normalized spacial score (nSPS) is 18.2. The number of fused-ring (bicyclic) bond motifs is 3. The van der Waals surface area contributed by atoms with Crippen molar-refractivity contribution in [2.45, 2.75) is 6.10 Å². The van der Waals surface area contributed by atoms with E-state index in [2.05, 4.69) is 4.98 Å². The van der Waals surface area contributed by atoms with E-state index in [-0.39, 0.29) is 12.5 Å². The van der Waals surface area contributed by atoms with Gasteiger partial charge < -0.3 is 20.4 Å². The molecule has 2 heterocycles. The van der Waals surface area contributed by atoms with Crippen molar-refractivity contribution < 1.29 is 14.3 Å². The number of aromatic nitrogens is 1. The molecule has 3 aromatic rings. The minimum atomic E-state index is -0.743. The molecular weight excluding hydrogens is 306 g/mol.